The van der Waals surface area contributed by atoms with Crippen LogP contribution in [0.3, 0.4) is 0 Å². The Hall–Kier alpha value is -1.31. The minimum Gasteiger partial charge on any atom is -0.465 e. The predicted molar refractivity (Wildman–Crippen MR) is 38.4 cm³/mol. The molecular formula is C8H8O2. The molecule has 1 aromatic heterocycles. The lowest BCUT2D eigenvalue weighted by Crippen LogP contribution is -1.73. The van der Waals surface area contributed by atoms with Crippen LogP contribution in [-0.4, -0.2) is 6.29 Å². The summed E-state index contributed by atoms with van der Waals surface area (Å²) in [6.45, 7) is 1.83. The topological polar surface area (TPSA) is 30.2 Å². The molecule has 1 aromatic rings. The maximum absolute atomic E-state index is 9.99. The third-order valence-electron chi connectivity index (χ3n) is 1.23. The molecule has 2 nitrogen and oxygen atoms in total. The Kier molecular flexibility index (Phi) is 2.05. The van der Waals surface area contributed by atoms with Crippen molar-refractivity contribution in [2.24, 2.45) is 0 Å². The van der Waals surface area contributed by atoms with Crippen molar-refractivity contribution in [1.82, 2.24) is 0 Å². The fourth-order valence-electron chi connectivity index (χ4n) is 0.687. The van der Waals surface area contributed by atoms with Crippen LogP contribution in [0.15, 0.2) is 28.9 Å². The molecule has 10 heavy (non-hydrogen) atoms. The van der Waals surface area contributed by atoms with Crippen molar-refractivity contribution in [3.05, 3.63) is 30.2 Å². The zero-order valence-corrected chi connectivity index (χ0v) is 5.70. The standard InChI is InChI=1S/C8H8O2/c1-7(4-5-9)8-3-2-6-10-8/h2-6H,1H3/b7-4-. The van der Waals surface area contributed by atoms with E-state index in [0.717, 1.165) is 17.6 Å². The van der Waals surface area contributed by atoms with Gasteiger partial charge in [0.15, 0.2) is 0 Å². The smallest absolute Gasteiger partial charge is 0.143 e. The molecule has 0 radical (unpaired) electrons. The van der Waals surface area contributed by atoms with E-state index < -0.39 is 0 Å². The summed E-state index contributed by atoms with van der Waals surface area (Å²) < 4.78 is 5.02. The highest BCUT2D eigenvalue weighted by Gasteiger charge is 1.94. The molecule has 0 saturated heterocycles. The van der Waals surface area contributed by atoms with Gasteiger partial charge in [-0.2, -0.15) is 0 Å². The van der Waals surface area contributed by atoms with Crippen LogP contribution in [0.5, 0.6) is 0 Å². The van der Waals surface area contributed by atoms with Gasteiger partial charge in [-0.1, -0.05) is 0 Å². The molecular weight excluding hydrogens is 128 g/mol. The first kappa shape index (κ1) is 6.81. The monoisotopic (exact) mass is 136 g/mol. The largest absolute Gasteiger partial charge is 0.465 e. The molecule has 52 valence electrons. The van der Waals surface area contributed by atoms with E-state index >= 15 is 0 Å². The Morgan fingerprint density at radius 3 is 3.00 bits per heavy atom. The fourth-order valence-corrected chi connectivity index (χ4v) is 0.687. The Balaban J connectivity index is 2.86. The number of hydrogen-bond donors (Lipinski definition) is 0. The lowest BCUT2D eigenvalue weighted by molar-refractivity contribution is -0.104. The molecule has 0 spiro atoms. The number of carbonyl (C=O) groups excluding carboxylic acids is 1. The summed E-state index contributed by atoms with van der Waals surface area (Å²) in [4.78, 5) is 9.99. The first-order valence-corrected chi connectivity index (χ1v) is 3.00. The molecule has 0 aliphatic carbocycles. The fraction of sp³-hybridized carbons (Fsp3) is 0.125. The summed E-state index contributed by atoms with van der Waals surface area (Å²) in [5, 5.41) is 0. The van der Waals surface area contributed by atoms with E-state index in [2.05, 4.69) is 0 Å². The van der Waals surface area contributed by atoms with Crippen LogP contribution in [0.2, 0.25) is 0 Å². The predicted octanol–water partition coefficient (Wildman–Crippen LogP) is 1.88. The maximum Gasteiger partial charge on any atom is 0.143 e. The van der Waals surface area contributed by atoms with E-state index in [1.807, 2.05) is 13.0 Å². The highest BCUT2D eigenvalue weighted by molar-refractivity contribution is 5.78. The van der Waals surface area contributed by atoms with Crippen LogP contribution in [0.1, 0.15) is 12.7 Å². The minimum atomic E-state index is 0.743. The zero-order valence-electron chi connectivity index (χ0n) is 5.70. The molecule has 0 unspecified atom stereocenters. The molecule has 0 aliphatic heterocycles. The van der Waals surface area contributed by atoms with Crippen LogP contribution < -0.4 is 0 Å². The number of carbonyl (C=O) groups is 1. The van der Waals surface area contributed by atoms with Crippen molar-refractivity contribution in [3.63, 3.8) is 0 Å². The highest BCUT2D eigenvalue weighted by atomic mass is 16.3. The number of hydrogen-bond acceptors (Lipinski definition) is 2. The third kappa shape index (κ3) is 1.35. The second-order valence-corrected chi connectivity index (χ2v) is 1.96. The summed E-state index contributed by atoms with van der Waals surface area (Å²) in [6.07, 6.45) is 3.80. The second kappa shape index (κ2) is 3.01. The molecule has 0 fully saturated rings. The quantitative estimate of drug-likeness (QED) is 0.459. The summed E-state index contributed by atoms with van der Waals surface area (Å²) in [5.41, 5.74) is 0.847. The Morgan fingerprint density at radius 2 is 2.50 bits per heavy atom. The van der Waals surface area contributed by atoms with Crippen LogP contribution in [0.25, 0.3) is 5.57 Å². The molecule has 0 aliphatic rings. The normalized spacial score (nSPS) is 11.5. The van der Waals surface area contributed by atoms with Crippen LogP contribution >= 0.6 is 0 Å². The Bertz CT molecular complexity index is 232. The SMILES string of the molecule is C/C(=C/C=O)c1ccco1. The van der Waals surface area contributed by atoms with E-state index in [0.29, 0.717) is 0 Å². The van der Waals surface area contributed by atoms with Gasteiger partial charge in [0, 0.05) is 0 Å². The van der Waals surface area contributed by atoms with Crippen molar-refractivity contribution in [2.75, 3.05) is 0 Å². The van der Waals surface area contributed by atoms with Gasteiger partial charge < -0.3 is 4.42 Å². The molecule has 2 heteroatoms. The van der Waals surface area contributed by atoms with Crippen molar-refractivity contribution < 1.29 is 9.21 Å². The number of aldehydes is 1. The summed E-state index contributed by atoms with van der Waals surface area (Å²) in [7, 11) is 0. The maximum atomic E-state index is 9.99. The molecule has 1 rings (SSSR count). The van der Waals surface area contributed by atoms with Gasteiger partial charge in [0.25, 0.3) is 0 Å². The summed E-state index contributed by atoms with van der Waals surface area (Å²) in [6, 6.07) is 3.60. The van der Waals surface area contributed by atoms with Crippen LogP contribution in [-0.2, 0) is 4.79 Å². The third-order valence-corrected chi connectivity index (χ3v) is 1.23. The minimum absolute atomic E-state index is 0.743. The van der Waals surface area contributed by atoms with Gasteiger partial charge in [0.05, 0.1) is 6.26 Å². The Labute approximate surface area is 59.2 Å². The van der Waals surface area contributed by atoms with Crippen molar-refractivity contribution in [3.8, 4) is 0 Å². The van der Waals surface area contributed by atoms with Crippen molar-refractivity contribution >= 4 is 11.9 Å². The average molecular weight is 136 g/mol. The summed E-state index contributed by atoms with van der Waals surface area (Å²) in [5.74, 6) is 0.743. The van der Waals surface area contributed by atoms with Gasteiger partial charge in [0.1, 0.15) is 12.0 Å². The van der Waals surface area contributed by atoms with E-state index in [4.69, 9.17) is 4.42 Å². The van der Waals surface area contributed by atoms with Crippen molar-refractivity contribution in [2.45, 2.75) is 6.92 Å². The van der Waals surface area contributed by atoms with Gasteiger partial charge >= 0.3 is 0 Å². The average Bonchev–Trinajstić information content (AvgIpc) is 2.38. The molecule has 0 atom stereocenters. The second-order valence-electron chi connectivity index (χ2n) is 1.96. The van der Waals surface area contributed by atoms with E-state index in [-0.39, 0.29) is 0 Å². The van der Waals surface area contributed by atoms with Crippen LogP contribution in [0.4, 0.5) is 0 Å². The number of allylic oxidation sites excluding steroid dienone is 2. The van der Waals surface area contributed by atoms with Gasteiger partial charge in [-0.15, -0.1) is 0 Å². The van der Waals surface area contributed by atoms with Crippen molar-refractivity contribution in [1.29, 1.82) is 0 Å². The van der Waals surface area contributed by atoms with Gasteiger partial charge in [-0.05, 0) is 30.7 Å². The van der Waals surface area contributed by atoms with Gasteiger partial charge in [0.2, 0.25) is 0 Å². The van der Waals surface area contributed by atoms with Crippen LogP contribution in [0, 0.1) is 0 Å². The van der Waals surface area contributed by atoms with E-state index in [1.165, 1.54) is 6.08 Å². The first-order valence-electron chi connectivity index (χ1n) is 3.00. The van der Waals surface area contributed by atoms with Gasteiger partial charge in [-0.3, -0.25) is 4.79 Å². The molecule has 1 heterocycles. The molecule has 0 aromatic carbocycles. The number of rotatable bonds is 2. The molecule has 0 amide bonds. The van der Waals surface area contributed by atoms with Gasteiger partial charge in [-0.25, -0.2) is 0 Å². The zero-order chi connectivity index (χ0) is 7.40. The lowest BCUT2D eigenvalue weighted by atomic mass is 10.2. The molecule has 0 N–H and O–H groups in total. The van der Waals surface area contributed by atoms with E-state index in [9.17, 15) is 4.79 Å². The highest BCUT2D eigenvalue weighted by Crippen LogP contribution is 2.11. The first-order chi connectivity index (χ1) is 4.84. The Morgan fingerprint density at radius 1 is 1.70 bits per heavy atom. The molecule has 0 saturated carbocycles. The lowest BCUT2D eigenvalue weighted by Gasteiger charge is -1.89. The molecule has 0 bridgehead atoms. The van der Waals surface area contributed by atoms with E-state index in [1.54, 1.807) is 12.3 Å². The summed E-state index contributed by atoms with van der Waals surface area (Å²) >= 11 is 0. The number of furan rings is 1.